The van der Waals surface area contributed by atoms with Crippen molar-refractivity contribution in [3.05, 3.63) is 66.2 Å². The molecule has 0 spiro atoms. The van der Waals surface area contributed by atoms with E-state index in [1.807, 2.05) is 12.1 Å². The number of para-hydroxylation sites is 1. The summed E-state index contributed by atoms with van der Waals surface area (Å²) < 4.78 is 0. The van der Waals surface area contributed by atoms with Gasteiger partial charge in [-0.05, 0) is 17.7 Å². The summed E-state index contributed by atoms with van der Waals surface area (Å²) in [5, 5.41) is 2.74. The molecule has 2 rings (SSSR count). The van der Waals surface area contributed by atoms with Crippen LogP contribution in [0.4, 0.5) is 5.69 Å². The number of amides is 1. The van der Waals surface area contributed by atoms with E-state index in [9.17, 15) is 14.4 Å². The molecule has 4 heteroatoms. The van der Waals surface area contributed by atoms with Crippen molar-refractivity contribution in [2.45, 2.75) is 19.8 Å². The van der Waals surface area contributed by atoms with Crippen molar-refractivity contribution < 1.29 is 14.4 Å². The van der Waals surface area contributed by atoms with Crippen molar-refractivity contribution in [1.82, 2.24) is 0 Å². The van der Waals surface area contributed by atoms with E-state index in [-0.39, 0.29) is 11.7 Å². The molecule has 2 atom stereocenters. The second-order valence-corrected chi connectivity index (χ2v) is 5.96. The van der Waals surface area contributed by atoms with Crippen LogP contribution >= 0.6 is 0 Å². The fraction of sp³-hybridized carbons (Fsp3) is 0.250. The van der Waals surface area contributed by atoms with Crippen LogP contribution in [0.2, 0.25) is 0 Å². The number of hydrogen-bond acceptors (Lipinski definition) is 3. The quantitative estimate of drug-likeness (QED) is 0.627. The Kier molecular flexibility index (Phi) is 6.01. The number of nitrogens with one attached hydrogen (secondary N) is 1. The summed E-state index contributed by atoms with van der Waals surface area (Å²) in [5.41, 5.74) is 1.26. The Morgan fingerprint density at radius 3 is 1.96 bits per heavy atom. The van der Waals surface area contributed by atoms with Crippen molar-refractivity contribution in [3.8, 4) is 0 Å². The van der Waals surface area contributed by atoms with Gasteiger partial charge in [-0.3, -0.25) is 9.59 Å². The second kappa shape index (κ2) is 8.20. The van der Waals surface area contributed by atoms with Crippen LogP contribution in [-0.2, 0) is 14.4 Å². The van der Waals surface area contributed by atoms with Crippen molar-refractivity contribution in [1.29, 1.82) is 0 Å². The molecule has 0 heterocycles. The molecule has 0 saturated carbocycles. The van der Waals surface area contributed by atoms with E-state index in [0.29, 0.717) is 17.5 Å². The van der Waals surface area contributed by atoms with E-state index in [0.717, 1.165) is 0 Å². The molecule has 2 aromatic carbocycles. The SMILES string of the molecule is CC(C)C(=O)[C@@H](C(=O)Nc1ccccc1)[C@@H](C=O)c1ccccc1. The fourth-order valence-electron chi connectivity index (χ4n) is 2.59. The number of rotatable bonds is 7. The number of aldehydes is 1. The van der Waals surface area contributed by atoms with Gasteiger partial charge in [0.15, 0.2) is 0 Å². The number of ketones is 1. The minimum absolute atomic E-state index is 0.246. The van der Waals surface area contributed by atoms with E-state index in [1.54, 1.807) is 62.4 Å². The van der Waals surface area contributed by atoms with Gasteiger partial charge >= 0.3 is 0 Å². The summed E-state index contributed by atoms with van der Waals surface area (Å²) in [5.74, 6) is -2.90. The lowest BCUT2D eigenvalue weighted by atomic mass is 9.80. The Hall–Kier alpha value is -2.75. The van der Waals surface area contributed by atoms with Gasteiger partial charge in [0.1, 0.15) is 18.0 Å². The molecule has 0 aromatic heterocycles. The highest BCUT2D eigenvalue weighted by molar-refractivity contribution is 6.10. The summed E-state index contributed by atoms with van der Waals surface area (Å²) in [6, 6.07) is 17.8. The van der Waals surface area contributed by atoms with Gasteiger partial charge in [0.25, 0.3) is 0 Å². The van der Waals surface area contributed by atoms with Gasteiger partial charge in [-0.2, -0.15) is 0 Å². The summed E-state index contributed by atoms with van der Waals surface area (Å²) in [7, 11) is 0. The number of anilines is 1. The largest absolute Gasteiger partial charge is 0.325 e. The zero-order chi connectivity index (χ0) is 17.5. The monoisotopic (exact) mass is 323 g/mol. The number of carbonyl (C=O) groups is 3. The maximum absolute atomic E-state index is 12.7. The zero-order valence-electron chi connectivity index (χ0n) is 13.8. The molecule has 0 aliphatic carbocycles. The Morgan fingerprint density at radius 1 is 0.917 bits per heavy atom. The number of benzene rings is 2. The molecule has 0 fully saturated rings. The number of Topliss-reactive ketones (excluding diaryl/α,β-unsaturated/α-hetero) is 1. The maximum Gasteiger partial charge on any atom is 0.236 e. The second-order valence-electron chi connectivity index (χ2n) is 5.96. The zero-order valence-corrected chi connectivity index (χ0v) is 13.8. The van der Waals surface area contributed by atoms with Crippen LogP contribution in [0.5, 0.6) is 0 Å². The predicted molar refractivity (Wildman–Crippen MR) is 93.7 cm³/mol. The van der Waals surface area contributed by atoms with Crippen LogP contribution in [0.3, 0.4) is 0 Å². The van der Waals surface area contributed by atoms with Crippen molar-refractivity contribution in [2.75, 3.05) is 5.32 Å². The lowest BCUT2D eigenvalue weighted by Crippen LogP contribution is -2.37. The first kappa shape index (κ1) is 17.6. The van der Waals surface area contributed by atoms with E-state index < -0.39 is 17.7 Å². The van der Waals surface area contributed by atoms with Crippen LogP contribution in [0.1, 0.15) is 25.3 Å². The Labute approximate surface area is 141 Å². The molecule has 1 amide bonds. The molecule has 0 aliphatic rings. The number of carbonyl (C=O) groups excluding carboxylic acids is 3. The van der Waals surface area contributed by atoms with Crippen LogP contribution in [-0.4, -0.2) is 18.0 Å². The Bertz CT molecular complexity index is 695. The smallest absolute Gasteiger partial charge is 0.236 e. The minimum Gasteiger partial charge on any atom is -0.325 e. The van der Waals surface area contributed by atoms with Gasteiger partial charge in [0.05, 0.1) is 5.92 Å². The van der Waals surface area contributed by atoms with E-state index >= 15 is 0 Å². The van der Waals surface area contributed by atoms with Gasteiger partial charge in [-0.25, -0.2) is 0 Å². The highest BCUT2D eigenvalue weighted by atomic mass is 16.2. The highest BCUT2D eigenvalue weighted by Gasteiger charge is 2.36. The highest BCUT2D eigenvalue weighted by Crippen LogP contribution is 2.27. The molecular formula is C20H21NO3. The molecule has 0 unspecified atom stereocenters. The first-order valence-electron chi connectivity index (χ1n) is 7.94. The molecule has 124 valence electrons. The van der Waals surface area contributed by atoms with Crippen LogP contribution in [0, 0.1) is 11.8 Å². The van der Waals surface area contributed by atoms with Crippen LogP contribution in [0.25, 0.3) is 0 Å². The van der Waals surface area contributed by atoms with Gasteiger partial charge in [0.2, 0.25) is 5.91 Å². The minimum atomic E-state index is -1.05. The van der Waals surface area contributed by atoms with Gasteiger partial charge in [-0.15, -0.1) is 0 Å². The average molecular weight is 323 g/mol. The summed E-state index contributed by atoms with van der Waals surface area (Å²) in [4.78, 5) is 37.1. The fourth-order valence-corrected chi connectivity index (χ4v) is 2.59. The molecule has 2 aromatic rings. The Balaban J connectivity index is 2.35. The summed E-state index contributed by atoms with van der Waals surface area (Å²) >= 11 is 0. The van der Waals surface area contributed by atoms with Crippen LogP contribution < -0.4 is 5.32 Å². The standard InChI is InChI=1S/C20H21NO3/c1-14(2)19(23)18(17(13-22)15-9-5-3-6-10-15)20(24)21-16-11-7-4-8-12-16/h3-14,17-18H,1-2H3,(H,21,24)/t17-,18-/m0/s1. The van der Waals surface area contributed by atoms with Crippen molar-refractivity contribution >= 4 is 23.7 Å². The van der Waals surface area contributed by atoms with E-state index in [4.69, 9.17) is 0 Å². The lowest BCUT2D eigenvalue weighted by molar-refractivity contribution is -0.136. The van der Waals surface area contributed by atoms with Gasteiger partial charge in [0, 0.05) is 11.6 Å². The molecule has 0 aliphatic heterocycles. The van der Waals surface area contributed by atoms with Crippen molar-refractivity contribution in [3.63, 3.8) is 0 Å². The first-order chi connectivity index (χ1) is 11.5. The predicted octanol–water partition coefficient (Wildman–Crippen LogP) is 3.45. The molecular weight excluding hydrogens is 302 g/mol. The molecule has 24 heavy (non-hydrogen) atoms. The summed E-state index contributed by atoms with van der Waals surface area (Å²) in [6.45, 7) is 3.47. The van der Waals surface area contributed by atoms with Gasteiger partial charge < -0.3 is 10.1 Å². The third kappa shape index (κ3) is 4.16. The number of hydrogen-bond donors (Lipinski definition) is 1. The van der Waals surface area contributed by atoms with Crippen molar-refractivity contribution in [2.24, 2.45) is 11.8 Å². The Morgan fingerprint density at radius 2 is 1.46 bits per heavy atom. The van der Waals surface area contributed by atoms with Crippen LogP contribution in [0.15, 0.2) is 60.7 Å². The molecule has 0 radical (unpaired) electrons. The maximum atomic E-state index is 12.7. The molecule has 0 saturated heterocycles. The molecule has 1 N–H and O–H groups in total. The summed E-state index contributed by atoms with van der Waals surface area (Å²) in [6.07, 6.45) is 0.685. The lowest BCUT2D eigenvalue weighted by Gasteiger charge is -2.23. The van der Waals surface area contributed by atoms with E-state index in [2.05, 4.69) is 5.32 Å². The molecule has 4 nitrogen and oxygen atoms in total. The molecule has 0 bridgehead atoms. The normalized spacial score (nSPS) is 13.1. The van der Waals surface area contributed by atoms with Gasteiger partial charge in [-0.1, -0.05) is 62.4 Å². The third-order valence-corrected chi connectivity index (χ3v) is 3.89. The third-order valence-electron chi connectivity index (χ3n) is 3.89. The first-order valence-corrected chi connectivity index (χ1v) is 7.94. The topological polar surface area (TPSA) is 63.2 Å². The average Bonchev–Trinajstić information content (AvgIpc) is 2.60. The van der Waals surface area contributed by atoms with E-state index in [1.165, 1.54) is 0 Å².